The number of hydrogen-bond acceptors (Lipinski definition) is 5. The fourth-order valence-electron chi connectivity index (χ4n) is 3.67. The molecule has 1 aromatic heterocycles. The molecule has 0 radical (unpaired) electrons. The summed E-state index contributed by atoms with van der Waals surface area (Å²) in [5, 5.41) is 0. The molecule has 1 fully saturated rings. The van der Waals surface area contributed by atoms with Gasteiger partial charge in [0.15, 0.2) is 9.84 Å². The molecule has 0 spiro atoms. The molecule has 1 aromatic carbocycles. The summed E-state index contributed by atoms with van der Waals surface area (Å²) < 4.78 is 32.9. The molecule has 1 aliphatic rings. The number of benzene rings is 1. The van der Waals surface area contributed by atoms with Crippen molar-refractivity contribution in [3.05, 3.63) is 23.8 Å². The van der Waals surface area contributed by atoms with Crippen LogP contribution < -0.4 is 0 Å². The molecule has 2 aromatic rings. The van der Waals surface area contributed by atoms with Crippen molar-refractivity contribution in [2.45, 2.75) is 64.0 Å². The van der Waals surface area contributed by atoms with Crippen LogP contribution in [0.2, 0.25) is 0 Å². The summed E-state index contributed by atoms with van der Waals surface area (Å²) in [7, 11) is -3.00. The van der Waals surface area contributed by atoms with Crippen molar-refractivity contribution in [3.8, 4) is 0 Å². The Hall–Kier alpha value is -1.01. The average molecular weight is 381 g/mol. The summed E-state index contributed by atoms with van der Waals surface area (Å²) in [6, 6.07) is 6.24. The second-order valence-corrected chi connectivity index (χ2v) is 11.7. The van der Waals surface area contributed by atoms with E-state index >= 15 is 0 Å². The third kappa shape index (κ3) is 4.40. The van der Waals surface area contributed by atoms with Crippen LogP contribution in [-0.2, 0) is 16.3 Å². The van der Waals surface area contributed by atoms with Crippen molar-refractivity contribution in [2.24, 2.45) is 11.8 Å². The van der Waals surface area contributed by atoms with Gasteiger partial charge in [0.05, 0.1) is 22.2 Å². The van der Waals surface area contributed by atoms with Gasteiger partial charge in [-0.15, -0.1) is 0 Å². The number of sulfone groups is 1. The van der Waals surface area contributed by atoms with E-state index in [0.29, 0.717) is 17.6 Å². The van der Waals surface area contributed by atoms with Crippen molar-refractivity contribution < 1.29 is 8.42 Å². The molecule has 0 aliphatic heterocycles. The normalized spacial score (nSPS) is 22.4. The maximum Gasteiger partial charge on any atom is 0.155 e. The summed E-state index contributed by atoms with van der Waals surface area (Å²) in [4.78, 5) is 0. The lowest BCUT2D eigenvalue weighted by Gasteiger charge is -2.30. The Bertz CT molecular complexity index is 813. The van der Waals surface area contributed by atoms with Gasteiger partial charge in [-0.05, 0) is 69.9 Å². The molecule has 0 N–H and O–H groups in total. The average Bonchev–Trinajstić information content (AvgIpc) is 3.02. The van der Waals surface area contributed by atoms with E-state index < -0.39 is 14.6 Å². The SMILES string of the molecule is CC(C)(C)S(=O)(=O)CC1CCC(CCc2cccc3nsnc23)CC1. The summed E-state index contributed by atoms with van der Waals surface area (Å²) in [6.07, 6.45) is 6.59. The molecule has 0 atom stereocenters. The highest BCUT2D eigenvalue weighted by molar-refractivity contribution is 7.92. The Balaban J connectivity index is 1.51. The molecule has 25 heavy (non-hydrogen) atoms. The lowest BCUT2D eigenvalue weighted by molar-refractivity contribution is 0.278. The van der Waals surface area contributed by atoms with Gasteiger partial charge in [-0.1, -0.05) is 25.0 Å². The monoisotopic (exact) mass is 380 g/mol. The third-order valence-corrected chi connectivity index (χ3v) is 8.86. The van der Waals surface area contributed by atoms with Crippen molar-refractivity contribution >= 4 is 32.6 Å². The molecule has 4 nitrogen and oxygen atoms in total. The van der Waals surface area contributed by atoms with E-state index in [-0.39, 0.29) is 0 Å². The zero-order chi connectivity index (χ0) is 18.1. The molecule has 1 aliphatic carbocycles. The zero-order valence-electron chi connectivity index (χ0n) is 15.4. The molecule has 1 heterocycles. The predicted octanol–water partition coefficient (Wildman–Crippen LogP) is 4.64. The first-order valence-electron chi connectivity index (χ1n) is 9.19. The minimum absolute atomic E-state index is 0.339. The van der Waals surface area contributed by atoms with Crippen LogP contribution in [0.5, 0.6) is 0 Å². The van der Waals surface area contributed by atoms with Gasteiger partial charge in [0.1, 0.15) is 11.0 Å². The first-order valence-corrected chi connectivity index (χ1v) is 11.6. The number of aryl methyl sites for hydroxylation is 1. The Labute approximate surface area is 155 Å². The predicted molar refractivity (Wildman–Crippen MR) is 105 cm³/mol. The van der Waals surface area contributed by atoms with Crippen molar-refractivity contribution in [1.29, 1.82) is 0 Å². The largest absolute Gasteiger partial charge is 0.228 e. The number of nitrogens with zero attached hydrogens (tertiary/aromatic N) is 2. The molecule has 0 amide bonds. The van der Waals surface area contributed by atoms with Gasteiger partial charge in [0.25, 0.3) is 0 Å². The fraction of sp³-hybridized carbons (Fsp3) is 0.684. The maximum absolute atomic E-state index is 12.4. The minimum atomic E-state index is -3.00. The van der Waals surface area contributed by atoms with E-state index in [4.69, 9.17) is 0 Å². The Morgan fingerprint density at radius 3 is 2.44 bits per heavy atom. The summed E-state index contributed by atoms with van der Waals surface area (Å²) in [6.45, 7) is 5.42. The van der Waals surface area contributed by atoms with E-state index in [1.807, 2.05) is 26.8 Å². The smallest absolute Gasteiger partial charge is 0.155 e. The van der Waals surface area contributed by atoms with Crippen LogP contribution in [0.25, 0.3) is 11.0 Å². The second kappa shape index (κ2) is 7.31. The second-order valence-electron chi connectivity index (χ2n) is 8.37. The van der Waals surface area contributed by atoms with Gasteiger partial charge >= 0.3 is 0 Å². The van der Waals surface area contributed by atoms with Crippen LogP contribution in [-0.4, -0.2) is 27.7 Å². The van der Waals surface area contributed by atoms with Crippen molar-refractivity contribution in [1.82, 2.24) is 8.75 Å². The molecule has 6 heteroatoms. The highest BCUT2D eigenvalue weighted by Gasteiger charge is 2.33. The molecule has 0 saturated heterocycles. The molecule has 0 unspecified atom stereocenters. The van der Waals surface area contributed by atoms with E-state index in [0.717, 1.165) is 49.6 Å². The van der Waals surface area contributed by atoms with Crippen LogP contribution in [0.15, 0.2) is 18.2 Å². The summed E-state index contributed by atoms with van der Waals surface area (Å²) in [5.74, 6) is 1.40. The molecule has 0 bridgehead atoms. The van der Waals surface area contributed by atoms with E-state index in [9.17, 15) is 8.42 Å². The minimum Gasteiger partial charge on any atom is -0.228 e. The number of fused-ring (bicyclic) bond motifs is 1. The lowest BCUT2D eigenvalue weighted by Crippen LogP contribution is -2.34. The van der Waals surface area contributed by atoms with Crippen molar-refractivity contribution in [2.75, 3.05) is 5.75 Å². The number of aromatic nitrogens is 2. The molecular weight excluding hydrogens is 352 g/mol. The lowest BCUT2D eigenvalue weighted by atomic mass is 9.80. The maximum atomic E-state index is 12.4. The molecular formula is C19H28N2O2S2. The molecule has 3 rings (SSSR count). The highest BCUT2D eigenvalue weighted by atomic mass is 32.2. The van der Waals surface area contributed by atoms with Gasteiger partial charge in [0.2, 0.25) is 0 Å². The quantitative estimate of drug-likeness (QED) is 0.758. The van der Waals surface area contributed by atoms with Gasteiger partial charge in [-0.2, -0.15) is 8.75 Å². The highest BCUT2D eigenvalue weighted by Crippen LogP contribution is 2.34. The zero-order valence-corrected chi connectivity index (χ0v) is 17.0. The topological polar surface area (TPSA) is 59.9 Å². The third-order valence-electron chi connectivity index (χ3n) is 5.55. The van der Waals surface area contributed by atoms with Crippen LogP contribution in [0, 0.1) is 11.8 Å². The van der Waals surface area contributed by atoms with Crippen molar-refractivity contribution in [3.63, 3.8) is 0 Å². The van der Waals surface area contributed by atoms with E-state index in [1.54, 1.807) is 0 Å². The summed E-state index contributed by atoms with van der Waals surface area (Å²) >= 11 is 1.28. The van der Waals surface area contributed by atoms with Gasteiger partial charge in [-0.25, -0.2) is 8.42 Å². The van der Waals surface area contributed by atoms with E-state index in [2.05, 4.69) is 20.9 Å². The molecule has 1 saturated carbocycles. The Morgan fingerprint density at radius 2 is 1.76 bits per heavy atom. The Morgan fingerprint density at radius 1 is 1.08 bits per heavy atom. The first-order chi connectivity index (χ1) is 11.8. The van der Waals surface area contributed by atoms with E-state index in [1.165, 1.54) is 17.3 Å². The fourth-order valence-corrected chi connectivity index (χ4v) is 5.69. The van der Waals surface area contributed by atoms with Gasteiger partial charge in [-0.3, -0.25) is 0 Å². The van der Waals surface area contributed by atoms with Crippen LogP contribution >= 0.6 is 11.7 Å². The first kappa shape index (κ1) is 18.8. The number of hydrogen-bond donors (Lipinski definition) is 0. The van der Waals surface area contributed by atoms with Gasteiger partial charge in [0, 0.05) is 0 Å². The standard InChI is InChI=1S/C19H28N2O2S2/c1-19(2,3)25(22,23)13-15-9-7-14(8-10-15)11-12-16-5-4-6-17-18(16)21-24-20-17/h4-6,14-15H,7-13H2,1-3H3. The Kier molecular flexibility index (Phi) is 5.49. The molecule has 138 valence electrons. The van der Waals surface area contributed by atoms with Crippen LogP contribution in [0.1, 0.15) is 58.4 Å². The number of rotatable bonds is 5. The summed E-state index contributed by atoms with van der Waals surface area (Å²) in [5.41, 5.74) is 3.35. The van der Waals surface area contributed by atoms with Gasteiger partial charge < -0.3 is 0 Å². The van der Waals surface area contributed by atoms with Crippen LogP contribution in [0.3, 0.4) is 0 Å². The van der Waals surface area contributed by atoms with Crippen LogP contribution in [0.4, 0.5) is 0 Å².